The van der Waals surface area contributed by atoms with Crippen LogP contribution >= 0.6 is 11.6 Å². The number of carboxylic acid groups (broad SMARTS) is 1. The van der Waals surface area contributed by atoms with Crippen molar-refractivity contribution in [1.82, 2.24) is 0 Å². The predicted molar refractivity (Wildman–Crippen MR) is 142 cm³/mol. The molecule has 3 aromatic rings. The Bertz CT molecular complexity index is 1220. The summed E-state index contributed by atoms with van der Waals surface area (Å²) in [6.07, 6.45) is 1.68. The molecule has 186 valence electrons. The van der Waals surface area contributed by atoms with Crippen LogP contribution in [0, 0.1) is 0 Å². The van der Waals surface area contributed by atoms with Crippen molar-refractivity contribution in [3.63, 3.8) is 0 Å². The number of benzene rings is 3. The van der Waals surface area contributed by atoms with E-state index in [1.807, 2.05) is 18.2 Å². The van der Waals surface area contributed by atoms with Crippen LogP contribution in [0.1, 0.15) is 30.9 Å². The minimum atomic E-state index is -1.26. The quantitative estimate of drug-likeness (QED) is 0.374. The van der Waals surface area contributed by atoms with Gasteiger partial charge in [-0.05, 0) is 66.9 Å². The van der Waals surface area contributed by atoms with Crippen molar-refractivity contribution in [2.75, 3.05) is 28.8 Å². The molecule has 9 heteroatoms. The molecule has 0 unspecified atom stereocenters. The van der Waals surface area contributed by atoms with E-state index in [2.05, 4.69) is 15.4 Å². The summed E-state index contributed by atoms with van der Waals surface area (Å²) in [5, 5.41) is 17.6. The van der Waals surface area contributed by atoms with Gasteiger partial charge in [0.15, 0.2) is 0 Å². The summed E-state index contributed by atoms with van der Waals surface area (Å²) in [6, 6.07) is 21.4. The molecule has 2 N–H and O–H groups in total. The molecule has 8 nitrogen and oxygen atoms in total. The second-order valence-electron chi connectivity index (χ2n) is 8.28. The highest BCUT2D eigenvalue weighted by atomic mass is 35.5. The molecule has 1 aliphatic heterocycles. The molecular weight excluding hydrogens is 480 g/mol. The lowest BCUT2D eigenvalue weighted by Gasteiger charge is -2.30. The Balaban J connectivity index is 1.61. The number of nitrogens with one attached hydrogen (secondary N) is 1. The lowest BCUT2D eigenvalue weighted by molar-refractivity contribution is -0.117. The smallest absolute Gasteiger partial charge is 0.412 e. The summed E-state index contributed by atoms with van der Waals surface area (Å²) in [7, 11) is 1.53. The third-order valence-electron chi connectivity index (χ3n) is 5.92. The Kier molecular flexibility index (Phi) is 8.07. The number of anilines is 3. The fraction of sp³-hybridized carbons (Fsp3) is 0.222. The first-order valence-corrected chi connectivity index (χ1v) is 12.0. The fourth-order valence-corrected chi connectivity index (χ4v) is 4.38. The number of piperidine rings is 1. The van der Waals surface area contributed by atoms with Gasteiger partial charge in [-0.2, -0.15) is 0 Å². The number of nitrogens with zero attached hydrogens (tertiary/aromatic N) is 3. The Hall–Kier alpha value is -4.04. The zero-order valence-corrected chi connectivity index (χ0v) is 20.6. The van der Waals surface area contributed by atoms with Gasteiger partial charge in [0.1, 0.15) is 19.0 Å². The number of carbonyl (C=O) groups excluding carboxylic acids is 1. The molecule has 2 amide bonds. The van der Waals surface area contributed by atoms with Crippen LogP contribution < -0.4 is 15.1 Å². The standard InChI is InChI=1S/C27H27ClN4O4/c1-36-30-24-9-5-6-18-31(24)22-16-12-21(13-17-22)29-26(33)25(19-7-3-2-4-8-19)32(27(34)35)23-14-10-20(28)11-15-23/h2-4,7-8,10-17,25H,5-6,9,18H2,1H3,(H,29,33)(H,34,35)/t25-/m1/s1. The summed E-state index contributed by atoms with van der Waals surface area (Å²) >= 11 is 5.99. The first-order valence-electron chi connectivity index (χ1n) is 11.6. The molecule has 1 aliphatic rings. The largest absolute Gasteiger partial charge is 0.465 e. The van der Waals surface area contributed by atoms with Crippen LogP contribution in [0.2, 0.25) is 5.02 Å². The van der Waals surface area contributed by atoms with Gasteiger partial charge in [-0.15, -0.1) is 0 Å². The van der Waals surface area contributed by atoms with E-state index in [4.69, 9.17) is 16.4 Å². The van der Waals surface area contributed by atoms with Crippen molar-refractivity contribution in [1.29, 1.82) is 0 Å². The van der Waals surface area contributed by atoms with E-state index in [1.165, 1.54) is 7.11 Å². The van der Waals surface area contributed by atoms with E-state index >= 15 is 0 Å². The first kappa shape index (κ1) is 25.1. The molecule has 1 heterocycles. The Morgan fingerprint density at radius 3 is 2.36 bits per heavy atom. The van der Waals surface area contributed by atoms with Crippen LogP contribution in [0.25, 0.3) is 0 Å². The number of hydrogen-bond donors (Lipinski definition) is 2. The van der Waals surface area contributed by atoms with E-state index in [1.54, 1.807) is 60.7 Å². The average Bonchev–Trinajstić information content (AvgIpc) is 2.89. The highest BCUT2D eigenvalue weighted by molar-refractivity contribution is 6.30. The molecule has 0 radical (unpaired) electrons. The zero-order chi connectivity index (χ0) is 25.5. The van der Waals surface area contributed by atoms with Gasteiger partial charge in [0, 0.05) is 35.1 Å². The maximum atomic E-state index is 13.5. The van der Waals surface area contributed by atoms with Crippen molar-refractivity contribution < 1.29 is 19.5 Å². The zero-order valence-electron chi connectivity index (χ0n) is 19.8. The van der Waals surface area contributed by atoms with Gasteiger partial charge >= 0.3 is 6.09 Å². The number of carbonyl (C=O) groups is 2. The lowest BCUT2D eigenvalue weighted by atomic mass is 10.0. The summed E-state index contributed by atoms with van der Waals surface area (Å²) < 4.78 is 0. The van der Waals surface area contributed by atoms with Gasteiger partial charge < -0.3 is 20.2 Å². The number of amidine groups is 1. The van der Waals surface area contributed by atoms with Crippen LogP contribution in [-0.4, -0.2) is 36.6 Å². The maximum Gasteiger partial charge on any atom is 0.412 e. The van der Waals surface area contributed by atoms with Crippen LogP contribution in [0.5, 0.6) is 0 Å². The Morgan fingerprint density at radius 2 is 1.72 bits per heavy atom. The van der Waals surface area contributed by atoms with Crippen LogP contribution in [0.15, 0.2) is 84.0 Å². The van der Waals surface area contributed by atoms with Crippen molar-refractivity contribution >= 4 is 46.5 Å². The molecule has 0 aliphatic carbocycles. The molecule has 36 heavy (non-hydrogen) atoms. The van der Waals surface area contributed by atoms with E-state index < -0.39 is 18.0 Å². The van der Waals surface area contributed by atoms with E-state index in [-0.39, 0.29) is 0 Å². The molecule has 4 rings (SSSR count). The van der Waals surface area contributed by atoms with E-state index in [9.17, 15) is 14.7 Å². The minimum Gasteiger partial charge on any atom is -0.465 e. The number of amides is 2. The van der Waals surface area contributed by atoms with Crippen molar-refractivity contribution in [3.8, 4) is 0 Å². The monoisotopic (exact) mass is 506 g/mol. The molecule has 0 saturated carbocycles. The molecule has 3 aromatic carbocycles. The second kappa shape index (κ2) is 11.6. The average molecular weight is 507 g/mol. The van der Waals surface area contributed by atoms with Gasteiger partial charge in [-0.3, -0.25) is 9.69 Å². The molecule has 1 atom stereocenters. The number of oxime groups is 1. The van der Waals surface area contributed by atoms with Gasteiger partial charge in [0.2, 0.25) is 0 Å². The summed E-state index contributed by atoms with van der Waals surface area (Å²) in [5.74, 6) is 0.385. The van der Waals surface area contributed by atoms with Crippen LogP contribution in [-0.2, 0) is 9.63 Å². The topological polar surface area (TPSA) is 94.5 Å². The van der Waals surface area contributed by atoms with Crippen LogP contribution in [0.3, 0.4) is 0 Å². The fourth-order valence-electron chi connectivity index (χ4n) is 4.26. The summed E-state index contributed by atoms with van der Waals surface area (Å²) in [4.78, 5) is 34.0. The highest BCUT2D eigenvalue weighted by Gasteiger charge is 2.33. The van der Waals surface area contributed by atoms with Gasteiger partial charge in [-0.1, -0.05) is 47.1 Å². The number of rotatable bonds is 7. The first-order chi connectivity index (χ1) is 17.5. The SMILES string of the molecule is CON=C1CCCCN1c1ccc(NC(=O)[C@@H](c2ccccc2)N(C(=O)O)c2ccc(Cl)cc2)cc1. The number of halogens is 1. The Labute approximate surface area is 214 Å². The third kappa shape index (κ3) is 5.78. The van der Waals surface area contributed by atoms with Crippen molar-refractivity contribution in [2.45, 2.75) is 25.3 Å². The molecular formula is C27H27ClN4O4. The molecule has 0 spiro atoms. The van der Waals surface area contributed by atoms with E-state index in [0.29, 0.717) is 22.0 Å². The van der Waals surface area contributed by atoms with E-state index in [0.717, 1.165) is 42.2 Å². The summed E-state index contributed by atoms with van der Waals surface area (Å²) in [5.41, 5.74) is 2.36. The van der Waals surface area contributed by atoms with Gasteiger partial charge in [0.05, 0.1) is 0 Å². The number of hydrogen-bond acceptors (Lipinski definition) is 4. The second-order valence-corrected chi connectivity index (χ2v) is 8.71. The Morgan fingerprint density at radius 1 is 1.03 bits per heavy atom. The van der Waals surface area contributed by atoms with Crippen LogP contribution in [0.4, 0.5) is 21.9 Å². The minimum absolute atomic E-state index is 0.335. The molecule has 1 saturated heterocycles. The normalized spacial score (nSPS) is 15.3. The van der Waals surface area contributed by atoms with Gasteiger partial charge in [-0.25, -0.2) is 4.79 Å². The summed E-state index contributed by atoms with van der Waals surface area (Å²) in [6.45, 7) is 0.832. The maximum absolute atomic E-state index is 13.5. The third-order valence-corrected chi connectivity index (χ3v) is 6.17. The highest BCUT2D eigenvalue weighted by Crippen LogP contribution is 2.30. The van der Waals surface area contributed by atoms with Gasteiger partial charge in [0.25, 0.3) is 5.91 Å². The van der Waals surface area contributed by atoms with Crippen molar-refractivity contribution in [3.05, 3.63) is 89.4 Å². The van der Waals surface area contributed by atoms with Crippen molar-refractivity contribution in [2.24, 2.45) is 5.16 Å². The lowest BCUT2D eigenvalue weighted by Crippen LogP contribution is -2.40. The predicted octanol–water partition coefficient (Wildman–Crippen LogP) is 6.15. The molecule has 0 aromatic heterocycles. The molecule has 0 bridgehead atoms. The molecule has 1 fully saturated rings.